The Balaban J connectivity index is 2.44. The first-order chi connectivity index (χ1) is 8.00. The highest BCUT2D eigenvalue weighted by Crippen LogP contribution is 2.25. The van der Waals surface area contributed by atoms with Gasteiger partial charge >= 0.3 is 0 Å². The molecular formula is C13H19Cl2NO. The molecule has 0 aromatic heterocycles. The van der Waals surface area contributed by atoms with Crippen LogP contribution in [0.25, 0.3) is 0 Å². The van der Waals surface area contributed by atoms with Gasteiger partial charge in [0.25, 0.3) is 0 Å². The van der Waals surface area contributed by atoms with Crippen molar-refractivity contribution in [3.05, 3.63) is 33.8 Å². The average molecular weight is 276 g/mol. The van der Waals surface area contributed by atoms with Crippen LogP contribution in [0.1, 0.15) is 31.9 Å². The number of halogens is 2. The number of rotatable bonds is 6. The van der Waals surface area contributed by atoms with Gasteiger partial charge in [-0.3, -0.25) is 0 Å². The predicted molar refractivity (Wildman–Crippen MR) is 73.7 cm³/mol. The first-order valence-electron chi connectivity index (χ1n) is 5.84. The molecule has 2 nitrogen and oxygen atoms in total. The summed E-state index contributed by atoms with van der Waals surface area (Å²) in [7, 11) is 0. The summed E-state index contributed by atoms with van der Waals surface area (Å²) >= 11 is 11.8. The van der Waals surface area contributed by atoms with Crippen LogP contribution in [-0.4, -0.2) is 18.2 Å². The maximum atomic E-state index is 9.97. The highest BCUT2D eigenvalue weighted by atomic mass is 35.5. The number of aliphatic hydroxyl groups excluding tert-OH is 1. The molecule has 0 bridgehead atoms. The fourth-order valence-electron chi connectivity index (χ4n) is 1.51. The smallest absolute Gasteiger partial charge is 0.0928 e. The lowest BCUT2D eigenvalue weighted by Gasteiger charge is -2.14. The summed E-state index contributed by atoms with van der Waals surface area (Å²) in [6, 6.07) is 5.15. The van der Waals surface area contributed by atoms with E-state index in [0.717, 1.165) is 13.0 Å². The molecule has 0 saturated heterocycles. The van der Waals surface area contributed by atoms with Gasteiger partial charge in [-0.15, -0.1) is 0 Å². The van der Waals surface area contributed by atoms with Crippen molar-refractivity contribution in [2.45, 2.75) is 26.4 Å². The van der Waals surface area contributed by atoms with Gasteiger partial charge in [0.2, 0.25) is 0 Å². The van der Waals surface area contributed by atoms with Crippen LogP contribution < -0.4 is 5.32 Å². The van der Waals surface area contributed by atoms with Crippen LogP contribution in [0.3, 0.4) is 0 Å². The van der Waals surface area contributed by atoms with E-state index in [1.54, 1.807) is 18.2 Å². The Labute approximate surface area is 113 Å². The van der Waals surface area contributed by atoms with E-state index in [1.807, 2.05) is 0 Å². The molecule has 0 aliphatic rings. The minimum Gasteiger partial charge on any atom is -0.387 e. The molecule has 0 aliphatic carbocycles. The quantitative estimate of drug-likeness (QED) is 0.777. The lowest BCUT2D eigenvalue weighted by atomic mass is 10.1. The lowest BCUT2D eigenvalue weighted by molar-refractivity contribution is 0.174. The fourth-order valence-corrected chi connectivity index (χ4v) is 2.05. The Kier molecular flexibility index (Phi) is 6.28. The first kappa shape index (κ1) is 14.8. The third-order valence-electron chi connectivity index (χ3n) is 2.56. The van der Waals surface area contributed by atoms with Crippen LogP contribution in [0.15, 0.2) is 18.2 Å². The van der Waals surface area contributed by atoms with E-state index in [2.05, 4.69) is 19.2 Å². The topological polar surface area (TPSA) is 32.3 Å². The zero-order chi connectivity index (χ0) is 12.8. The largest absolute Gasteiger partial charge is 0.387 e. The number of hydrogen-bond acceptors (Lipinski definition) is 2. The van der Waals surface area contributed by atoms with Crippen LogP contribution in [0, 0.1) is 5.92 Å². The van der Waals surface area contributed by atoms with Gasteiger partial charge < -0.3 is 10.4 Å². The summed E-state index contributed by atoms with van der Waals surface area (Å²) < 4.78 is 0. The zero-order valence-electron chi connectivity index (χ0n) is 10.2. The third-order valence-corrected chi connectivity index (χ3v) is 3.12. The van der Waals surface area contributed by atoms with Gasteiger partial charge in [0, 0.05) is 22.2 Å². The van der Waals surface area contributed by atoms with E-state index in [4.69, 9.17) is 23.2 Å². The third kappa shape index (κ3) is 5.26. The molecule has 0 spiro atoms. The monoisotopic (exact) mass is 275 g/mol. The summed E-state index contributed by atoms with van der Waals surface area (Å²) in [5.41, 5.74) is 0.716. The standard InChI is InChI=1S/C13H19Cl2NO/c1-9(2)5-6-16-8-13(17)11-4-3-10(14)7-12(11)15/h3-4,7,9,13,16-17H,5-6,8H2,1-2H3. The molecule has 1 atom stereocenters. The van der Waals surface area contributed by atoms with Gasteiger partial charge in [0.1, 0.15) is 0 Å². The lowest BCUT2D eigenvalue weighted by Crippen LogP contribution is -2.23. The van der Waals surface area contributed by atoms with Gasteiger partial charge in [-0.25, -0.2) is 0 Å². The summed E-state index contributed by atoms with van der Waals surface area (Å²) in [6.45, 7) is 5.76. The molecule has 0 saturated carbocycles. The minimum absolute atomic E-state index is 0.508. The molecule has 1 aromatic carbocycles. The molecule has 1 rings (SSSR count). The maximum absolute atomic E-state index is 9.97. The van der Waals surface area contributed by atoms with E-state index in [0.29, 0.717) is 28.1 Å². The number of aliphatic hydroxyl groups is 1. The Morgan fingerprint density at radius 1 is 1.29 bits per heavy atom. The molecular weight excluding hydrogens is 257 g/mol. The van der Waals surface area contributed by atoms with Gasteiger partial charge in [-0.1, -0.05) is 43.1 Å². The van der Waals surface area contributed by atoms with Gasteiger partial charge in [-0.05, 0) is 31.0 Å². The molecule has 0 radical (unpaired) electrons. The summed E-state index contributed by atoms with van der Waals surface area (Å²) in [4.78, 5) is 0. The fraction of sp³-hybridized carbons (Fsp3) is 0.538. The SMILES string of the molecule is CC(C)CCNCC(O)c1ccc(Cl)cc1Cl. The van der Waals surface area contributed by atoms with E-state index in [-0.39, 0.29) is 0 Å². The number of benzene rings is 1. The van der Waals surface area contributed by atoms with Crippen molar-refractivity contribution in [1.82, 2.24) is 5.32 Å². The van der Waals surface area contributed by atoms with E-state index >= 15 is 0 Å². The van der Waals surface area contributed by atoms with E-state index in [1.165, 1.54) is 0 Å². The molecule has 96 valence electrons. The van der Waals surface area contributed by atoms with Crippen molar-refractivity contribution in [3.8, 4) is 0 Å². The van der Waals surface area contributed by atoms with Crippen LogP contribution >= 0.6 is 23.2 Å². The second-order valence-corrected chi connectivity index (χ2v) is 5.41. The van der Waals surface area contributed by atoms with Crippen molar-refractivity contribution < 1.29 is 5.11 Å². The minimum atomic E-state index is -0.591. The Morgan fingerprint density at radius 2 is 2.00 bits per heavy atom. The van der Waals surface area contributed by atoms with Crippen molar-refractivity contribution in [1.29, 1.82) is 0 Å². The first-order valence-corrected chi connectivity index (χ1v) is 6.60. The molecule has 0 aliphatic heterocycles. The predicted octanol–water partition coefficient (Wildman–Crippen LogP) is 3.66. The Bertz CT molecular complexity index is 355. The van der Waals surface area contributed by atoms with Gasteiger partial charge in [-0.2, -0.15) is 0 Å². The Hall–Kier alpha value is -0.280. The molecule has 0 fully saturated rings. The van der Waals surface area contributed by atoms with Crippen LogP contribution in [-0.2, 0) is 0 Å². The van der Waals surface area contributed by atoms with Crippen LogP contribution in [0.2, 0.25) is 10.0 Å². The molecule has 17 heavy (non-hydrogen) atoms. The molecule has 1 aromatic rings. The zero-order valence-corrected chi connectivity index (χ0v) is 11.7. The molecule has 0 heterocycles. The molecule has 2 N–H and O–H groups in total. The number of hydrogen-bond donors (Lipinski definition) is 2. The van der Waals surface area contributed by atoms with Crippen molar-refractivity contribution in [2.24, 2.45) is 5.92 Å². The molecule has 4 heteroatoms. The number of nitrogens with one attached hydrogen (secondary N) is 1. The molecule has 1 unspecified atom stereocenters. The van der Waals surface area contributed by atoms with Crippen molar-refractivity contribution >= 4 is 23.2 Å². The molecule has 0 amide bonds. The highest BCUT2D eigenvalue weighted by Gasteiger charge is 2.11. The summed E-state index contributed by atoms with van der Waals surface area (Å²) in [6.07, 6.45) is 0.507. The summed E-state index contributed by atoms with van der Waals surface area (Å²) in [5.74, 6) is 0.666. The normalized spacial score (nSPS) is 13.1. The van der Waals surface area contributed by atoms with E-state index in [9.17, 15) is 5.11 Å². The van der Waals surface area contributed by atoms with E-state index < -0.39 is 6.10 Å². The maximum Gasteiger partial charge on any atom is 0.0928 e. The van der Waals surface area contributed by atoms with Gasteiger partial charge in [0.15, 0.2) is 0 Å². The van der Waals surface area contributed by atoms with Crippen LogP contribution in [0.5, 0.6) is 0 Å². The summed E-state index contributed by atoms with van der Waals surface area (Å²) in [5, 5.41) is 14.3. The highest BCUT2D eigenvalue weighted by molar-refractivity contribution is 6.35. The van der Waals surface area contributed by atoms with Crippen molar-refractivity contribution in [2.75, 3.05) is 13.1 Å². The van der Waals surface area contributed by atoms with Gasteiger partial charge in [0.05, 0.1) is 6.10 Å². The average Bonchev–Trinajstić information content (AvgIpc) is 2.23. The second kappa shape index (κ2) is 7.22. The van der Waals surface area contributed by atoms with Crippen molar-refractivity contribution in [3.63, 3.8) is 0 Å². The second-order valence-electron chi connectivity index (χ2n) is 4.57. The van der Waals surface area contributed by atoms with Crippen LogP contribution in [0.4, 0.5) is 0 Å². The Morgan fingerprint density at radius 3 is 2.59 bits per heavy atom.